The third kappa shape index (κ3) is 16.8. The van der Waals surface area contributed by atoms with Gasteiger partial charge in [-0.25, -0.2) is 0 Å². The number of rotatable bonds is 14. The molecule has 0 aromatic rings. The minimum Gasteiger partial charge on any atom is -0.508 e. The molecule has 5 heteroatoms. The van der Waals surface area contributed by atoms with E-state index in [2.05, 4.69) is 25.2 Å². The maximum absolute atomic E-state index is 10.4. The van der Waals surface area contributed by atoms with Crippen LogP contribution in [0.15, 0.2) is 72.6 Å². The van der Waals surface area contributed by atoms with E-state index in [1.54, 1.807) is 12.2 Å². The van der Waals surface area contributed by atoms with Crippen LogP contribution in [0.5, 0.6) is 0 Å². The smallest absolute Gasteiger partial charge is 0.303 e. The van der Waals surface area contributed by atoms with E-state index in [1.165, 1.54) is 6.08 Å². The number of aliphatic hydroxyl groups is 3. The molecule has 150 valence electrons. The summed E-state index contributed by atoms with van der Waals surface area (Å²) in [7, 11) is 0. The van der Waals surface area contributed by atoms with Gasteiger partial charge < -0.3 is 20.4 Å². The van der Waals surface area contributed by atoms with Crippen LogP contribution in [0, 0.1) is 0 Å². The van der Waals surface area contributed by atoms with E-state index in [-0.39, 0.29) is 18.6 Å². The third-order valence-corrected chi connectivity index (χ3v) is 3.46. The molecule has 0 aromatic heterocycles. The number of aliphatic carboxylic acids is 1. The first-order valence-corrected chi connectivity index (χ1v) is 9.26. The zero-order valence-corrected chi connectivity index (χ0v) is 15.9. The van der Waals surface area contributed by atoms with E-state index < -0.39 is 18.2 Å². The molecule has 0 rings (SSSR count). The van der Waals surface area contributed by atoms with Crippen molar-refractivity contribution in [3.8, 4) is 0 Å². The molecule has 0 fully saturated rings. The summed E-state index contributed by atoms with van der Waals surface area (Å²) in [6.45, 7) is 2.12. The average molecular weight is 376 g/mol. The van der Waals surface area contributed by atoms with Crippen molar-refractivity contribution in [2.45, 2.75) is 57.7 Å². The van der Waals surface area contributed by atoms with Gasteiger partial charge in [0.2, 0.25) is 0 Å². The molecule has 0 saturated carbocycles. The van der Waals surface area contributed by atoms with E-state index >= 15 is 0 Å². The van der Waals surface area contributed by atoms with Crippen LogP contribution < -0.4 is 0 Å². The second kappa shape index (κ2) is 17.1. The molecule has 5 nitrogen and oxygen atoms in total. The predicted molar refractivity (Wildman–Crippen MR) is 109 cm³/mol. The average Bonchev–Trinajstić information content (AvgIpc) is 2.63. The fraction of sp³-hybridized carbons (Fsp3) is 0.409. The highest BCUT2D eigenvalue weighted by molar-refractivity contribution is 5.66. The van der Waals surface area contributed by atoms with Crippen LogP contribution in [-0.2, 0) is 4.79 Å². The van der Waals surface area contributed by atoms with E-state index in [9.17, 15) is 20.1 Å². The molecule has 4 N–H and O–H groups in total. The minimum atomic E-state index is -1.31. The van der Waals surface area contributed by atoms with Crippen LogP contribution in [-0.4, -0.2) is 38.6 Å². The molecule has 0 bridgehead atoms. The van der Waals surface area contributed by atoms with Crippen LogP contribution in [0.4, 0.5) is 0 Å². The number of aliphatic hydroxyl groups excluding tert-OH is 3. The summed E-state index contributed by atoms with van der Waals surface area (Å²) in [5, 5.41) is 37.4. The molecule has 2 atom stereocenters. The Morgan fingerprint density at radius 3 is 2.19 bits per heavy atom. The van der Waals surface area contributed by atoms with Gasteiger partial charge in [-0.3, -0.25) is 4.79 Å². The number of carbonyl (C=O) groups is 1. The number of allylic oxidation sites excluding steroid dienone is 10. The predicted octanol–water partition coefficient (Wildman–Crippen LogP) is 4.38. The van der Waals surface area contributed by atoms with Crippen molar-refractivity contribution >= 4 is 5.97 Å². The second-order valence-corrected chi connectivity index (χ2v) is 5.92. The van der Waals surface area contributed by atoms with E-state index in [0.717, 1.165) is 31.8 Å². The highest BCUT2D eigenvalue weighted by atomic mass is 16.4. The lowest BCUT2D eigenvalue weighted by molar-refractivity contribution is -0.137. The summed E-state index contributed by atoms with van der Waals surface area (Å²) in [6.07, 6.45) is 21.3. The zero-order valence-electron chi connectivity index (χ0n) is 15.9. The van der Waals surface area contributed by atoms with Crippen molar-refractivity contribution in [3.63, 3.8) is 0 Å². The molecule has 0 heterocycles. The quantitative estimate of drug-likeness (QED) is 0.156. The van der Waals surface area contributed by atoms with Crippen molar-refractivity contribution in [2.24, 2.45) is 0 Å². The van der Waals surface area contributed by atoms with Crippen molar-refractivity contribution in [1.82, 2.24) is 0 Å². The molecular formula is C22H32O5. The molecule has 0 spiro atoms. The molecule has 27 heavy (non-hydrogen) atoms. The van der Waals surface area contributed by atoms with Gasteiger partial charge in [-0.15, -0.1) is 0 Å². The van der Waals surface area contributed by atoms with Crippen LogP contribution in [0.1, 0.15) is 45.4 Å². The number of unbranched alkanes of at least 4 members (excludes halogenated alkanes) is 1. The Morgan fingerprint density at radius 2 is 1.52 bits per heavy atom. The van der Waals surface area contributed by atoms with Crippen molar-refractivity contribution < 1.29 is 25.2 Å². The van der Waals surface area contributed by atoms with Gasteiger partial charge in [-0.05, 0) is 44.3 Å². The number of carboxylic acid groups (broad SMARTS) is 1. The zero-order chi connectivity index (χ0) is 20.3. The Morgan fingerprint density at radius 1 is 0.889 bits per heavy atom. The Labute approximate surface area is 162 Å². The van der Waals surface area contributed by atoms with Gasteiger partial charge in [0.25, 0.3) is 0 Å². The van der Waals surface area contributed by atoms with E-state index in [4.69, 9.17) is 5.11 Å². The molecule has 0 saturated heterocycles. The van der Waals surface area contributed by atoms with Crippen molar-refractivity contribution in [2.75, 3.05) is 0 Å². The van der Waals surface area contributed by atoms with Crippen molar-refractivity contribution in [3.05, 3.63) is 72.6 Å². The third-order valence-electron chi connectivity index (χ3n) is 3.46. The lowest BCUT2D eigenvalue weighted by atomic mass is 10.1. The highest BCUT2D eigenvalue weighted by Crippen LogP contribution is 2.06. The first-order chi connectivity index (χ1) is 13.0. The lowest BCUT2D eigenvalue weighted by Gasteiger charge is -2.13. The number of hydrogen-bond acceptors (Lipinski definition) is 4. The van der Waals surface area contributed by atoms with Gasteiger partial charge in [0.15, 0.2) is 0 Å². The van der Waals surface area contributed by atoms with Gasteiger partial charge >= 0.3 is 5.97 Å². The maximum Gasteiger partial charge on any atom is 0.303 e. The molecule has 1 unspecified atom stereocenters. The van der Waals surface area contributed by atoms with Gasteiger partial charge in [0, 0.05) is 6.42 Å². The monoisotopic (exact) mass is 376 g/mol. The molecule has 0 aliphatic carbocycles. The molecule has 0 radical (unpaired) electrons. The summed E-state index contributed by atoms with van der Waals surface area (Å²) < 4.78 is 0. The van der Waals surface area contributed by atoms with Gasteiger partial charge in [0.05, 0.1) is 6.10 Å². The first-order valence-electron chi connectivity index (χ1n) is 9.26. The van der Waals surface area contributed by atoms with Gasteiger partial charge in [-0.2, -0.15) is 0 Å². The summed E-state index contributed by atoms with van der Waals surface area (Å²) in [6, 6.07) is 0. The first kappa shape index (κ1) is 24.6. The fourth-order valence-electron chi connectivity index (χ4n) is 1.98. The van der Waals surface area contributed by atoms with Crippen molar-refractivity contribution in [1.29, 1.82) is 0 Å². The molecular weight excluding hydrogens is 344 g/mol. The molecule has 0 aliphatic heterocycles. The summed E-state index contributed by atoms with van der Waals surface area (Å²) >= 11 is 0. The maximum atomic E-state index is 10.4. The molecule has 0 aromatic carbocycles. The number of carboxylic acids is 1. The summed E-state index contributed by atoms with van der Waals surface area (Å²) in [4.78, 5) is 10.4. The topological polar surface area (TPSA) is 98.0 Å². The Bertz CT molecular complexity index is 567. The van der Waals surface area contributed by atoms with Crippen LogP contribution >= 0.6 is 0 Å². The molecule has 0 amide bonds. The Balaban J connectivity index is 4.07. The minimum absolute atomic E-state index is 0.0832. The van der Waals surface area contributed by atoms with Crippen LogP contribution in [0.25, 0.3) is 0 Å². The van der Waals surface area contributed by atoms with E-state index in [1.807, 2.05) is 24.3 Å². The lowest BCUT2D eigenvalue weighted by Crippen LogP contribution is -2.24. The Hall–Kier alpha value is -2.37. The Kier molecular flexibility index (Phi) is 15.6. The summed E-state index contributed by atoms with van der Waals surface area (Å²) in [5.41, 5.74) is 0. The molecule has 0 aliphatic rings. The normalized spacial score (nSPS) is 15.7. The van der Waals surface area contributed by atoms with E-state index in [0.29, 0.717) is 0 Å². The standard InChI is InChI=1S/C22H32O5/c1-2-3-4-5-6-7-8-9-10-11-12-13-14-15-19(23)18-21(25)20(24)16-17-22(26)27/h3-4,7-10,12-15,18,20-21,23-25H,2,5-6,11,16-17H2,1H3,(H,26,27)/b4-3+,8-7+,10-9+,13-12+,15-14+,19-18-/t20-,21?/m0/s1. The number of hydrogen-bond donors (Lipinski definition) is 4. The highest BCUT2D eigenvalue weighted by Gasteiger charge is 2.15. The fourth-order valence-corrected chi connectivity index (χ4v) is 1.98. The van der Waals surface area contributed by atoms with Gasteiger partial charge in [-0.1, -0.05) is 61.6 Å². The van der Waals surface area contributed by atoms with Crippen LogP contribution in [0.2, 0.25) is 0 Å². The largest absolute Gasteiger partial charge is 0.508 e. The SMILES string of the molecule is CC/C=C/CC/C=C/C=C/C/C=C/C=C/C(O)=C/C(O)[C@@H](O)CCC(=O)O. The second-order valence-electron chi connectivity index (χ2n) is 5.92. The summed E-state index contributed by atoms with van der Waals surface area (Å²) in [5.74, 6) is -1.25. The van der Waals surface area contributed by atoms with Gasteiger partial charge in [0.1, 0.15) is 11.9 Å². The van der Waals surface area contributed by atoms with Crippen LogP contribution in [0.3, 0.4) is 0 Å².